The smallest absolute Gasteiger partial charge is 0.343 e. The number of hydrogen-bond donors (Lipinski definition) is 0. The van der Waals surface area contributed by atoms with Crippen LogP contribution in [0.2, 0.25) is 0 Å². The van der Waals surface area contributed by atoms with Gasteiger partial charge in [-0.3, -0.25) is 0 Å². The summed E-state index contributed by atoms with van der Waals surface area (Å²) in [6.07, 6.45) is 7.59. The molecule has 164 valence electrons. The number of rotatable bonds is 4. The van der Waals surface area contributed by atoms with Crippen molar-refractivity contribution < 1.29 is 27.1 Å². The Balaban J connectivity index is 1.49. The van der Waals surface area contributed by atoms with E-state index < -0.39 is 29.2 Å². The van der Waals surface area contributed by atoms with Crippen molar-refractivity contribution in [2.24, 2.45) is 17.8 Å². The van der Waals surface area contributed by atoms with Crippen molar-refractivity contribution in [3.05, 3.63) is 77.4 Å². The summed E-state index contributed by atoms with van der Waals surface area (Å²) in [6, 6.07) is 4.49. The molecule has 0 N–H and O–H groups in total. The van der Waals surface area contributed by atoms with Crippen molar-refractivity contribution in [1.82, 2.24) is 0 Å². The van der Waals surface area contributed by atoms with Gasteiger partial charge < -0.3 is 4.74 Å². The predicted octanol–water partition coefficient (Wildman–Crippen LogP) is 6.95. The second kappa shape index (κ2) is 8.85. The highest BCUT2D eigenvalue weighted by Gasteiger charge is 2.37. The van der Waals surface area contributed by atoms with Crippen molar-refractivity contribution >= 4 is 5.97 Å². The highest BCUT2D eigenvalue weighted by molar-refractivity contribution is 5.91. The van der Waals surface area contributed by atoms with Crippen molar-refractivity contribution in [3.63, 3.8) is 0 Å². The number of carbonyl (C=O) groups is 1. The fourth-order valence-electron chi connectivity index (χ4n) is 5.20. The molecule has 6 heteroatoms. The van der Waals surface area contributed by atoms with Crippen LogP contribution in [0.4, 0.5) is 17.6 Å². The van der Waals surface area contributed by atoms with E-state index in [1.165, 1.54) is 0 Å². The SMILES string of the molecule is C=CC1CCC2CC(c3c(F)cc(C(=O)Oc4ccc(F)c(F)c4)cc3F)CCC2C1. The van der Waals surface area contributed by atoms with Crippen LogP contribution in [0.25, 0.3) is 0 Å². The average Bonchev–Trinajstić information content (AvgIpc) is 2.75. The van der Waals surface area contributed by atoms with Gasteiger partial charge in [0.25, 0.3) is 0 Å². The summed E-state index contributed by atoms with van der Waals surface area (Å²) in [5.74, 6) is -3.78. The number of allylic oxidation sites excluding steroid dienone is 1. The minimum Gasteiger partial charge on any atom is -0.423 e. The zero-order valence-corrected chi connectivity index (χ0v) is 17.1. The maximum Gasteiger partial charge on any atom is 0.343 e. The van der Waals surface area contributed by atoms with E-state index in [2.05, 4.69) is 6.58 Å². The quantitative estimate of drug-likeness (QED) is 0.226. The van der Waals surface area contributed by atoms with Gasteiger partial charge in [0.05, 0.1) is 5.56 Å². The van der Waals surface area contributed by atoms with Gasteiger partial charge in [0.2, 0.25) is 0 Å². The molecule has 2 aliphatic carbocycles. The van der Waals surface area contributed by atoms with Gasteiger partial charge in [-0.1, -0.05) is 6.08 Å². The zero-order chi connectivity index (χ0) is 22.1. The Morgan fingerprint density at radius 3 is 2.23 bits per heavy atom. The highest BCUT2D eigenvalue weighted by Crippen LogP contribution is 2.48. The Morgan fingerprint density at radius 1 is 0.871 bits per heavy atom. The van der Waals surface area contributed by atoms with Gasteiger partial charge in [0.15, 0.2) is 11.6 Å². The number of halogens is 4. The van der Waals surface area contributed by atoms with E-state index in [0.29, 0.717) is 30.2 Å². The monoisotopic (exact) mass is 432 g/mol. The third-order valence-electron chi connectivity index (χ3n) is 6.81. The van der Waals surface area contributed by atoms with E-state index in [1.54, 1.807) is 0 Å². The maximum atomic E-state index is 14.9. The minimum absolute atomic E-state index is 0.0219. The maximum absolute atomic E-state index is 14.9. The van der Waals surface area contributed by atoms with Crippen LogP contribution in [-0.2, 0) is 0 Å². The van der Waals surface area contributed by atoms with E-state index in [1.807, 2.05) is 6.08 Å². The number of hydrogen-bond acceptors (Lipinski definition) is 2. The number of ether oxygens (including phenoxy) is 1. The number of benzene rings is 2. The first kappa shape index (κ1) is 21.6. The molecule has 2 saturated carbocycles. The summed E-state index contributed by atoms with van der Waals surface area (Å²) in [6.45, 7) is 3.89. The summed E-state index contributed by atoms with van der Waals surface area (Å²) in [4.78, 5) is 12.3. The molecule has 0 amide bonds. The molecular weight excluding hydrogens is 408 g/mol. The van der Waals surface area contributed by atoms with Gasteiger partial charge in [0, 0.05) is 11.6 Å². The van der Waals surface area contributed by atoms with Gasteiger partial charge >= 0.3 is 5.97 Å². The molecule has 0 spiro atoms. The van der Waals surface area contributed by atoms with Crippen LogP contribution in [0.1, 0.15) is 60.4 Å². The Bertz CT molecular complexity index is 980. The molecule has 2 aromatic rings. The Hall–Kier alpha value is -2.63. The van der Waals surface area contributed by atoms with Crippen LogP contribution < -0.4 is 4.74 Å². The van der Waals surface area contributed by atoms with Gasteiger partial charge in [-0.05, 0) is 86.5 Å². The van der Waals surface area contributed by atoms with Crippen molar-refractivity contribution in [2.45, 2.75) is 44.4 Å². The third-order valence-corrected chi connectivity index (χ3v) is 6.81. The molecular formula is C25H24F4O2. The molecule has 2 aromatic carbocycles. The lowest BCUT2D eigenvalue weighted by Gasteiger charge is -2.41. The number of fused-ring (bicyclic) bond motifs is 1. The fraction of sp³-hybridized carbons (Fsp3) is 0.400. The summed E-state index contributed by atoms with van der Waals surface area (Å²) >= 11 is 0. The van der Waals surface area contributed by atoms with Gasteiger partial charge in [0.1, 0.15) is 17.4 Å². The Morgan fingerprint density at radius 2 is 1.55 bits per heavy atom. The summed E-state index contributed by atoms with van der Waals surface area (Å²) < 4.78 is 61.0. The first-order valence-electron chi connectivity index (χ1n) is 10.6. The van der Waals surface area contributed by atoms with E-state index in [0.717, 1.165) is 56.4 Å². The summed E-state index contributed by atoms with van der Waals surface area (Å²) in [7, 11) is 0. The summed E-state index contributed by atoms with van der Waals surface area (Å²) in [5.41, 5.74) is -0.294. The van der Waals surface area contributed by atoms with Crippen LogP contribution in [-0.4, -0.2) is 5.97 Å². The van der Waals surface area contributed by atoms with Crippen LogP contribution >= 0.6 is 0 Å². The van der Waals surface area contributed by atoms with Crippen LogP contribution in [0.15, 0.2) is 43.0 Å². The van der Waals surface area contributed by atoms with Crippen LogP contribution in [0.3, 0.4) is 0 Å². The third kappa shape index (κ3) is 4.53. The second-order valence-electron chi connectivity index (χ2n) is 8.66. The highest BCUT2D eigenvalue weighted by atomic mass is 19.2. The minimum atomic E-state index is -1.18. The lowest BCUT2D eigenvalue weighted by atomic mass is 9.64. The van der Waals surface area contributed by atoms with Gasteiger partial charge in [-0.2, -0.15) is 0 Å². The molecule has 2 aliphatic rings. The standard InChI is InChI=1S/C25H24F4O2/c1-2-14-3-4-16-10-17(6-5-15(16)9-14)24-22(28)11-18(12-23(24)29)25(30)31-19-7-8-20(26)21(27)13-19/h2,7-8,11-17H,1,3-6,9-10H2. The number of esters is 1. The molecule has 4 rings (SSSR count). The van der Waals surface area contributed by atoms with Crippen molar-refractivity contribution in [1.29, 1.82) is 0 Å². The first-order chi connectivity index (χ1) is 14.9. The molecule has 0 bridgehead atoms. The van der Waals surface area contributed by atoms with Crippen LogP contribution in [0.5, 0.6) is 5.75 Å². The van der Waals surface area contributed by atoms with Crippen LogP contribution in [0, 0.1) is 41.0 Å². The average molecular weight is 432 g/mol. The molecule has 0 heterocycles. The first-order valence-corrected chi connectivity index (χ1v) is 10.6. The fourth-order valence-corrected chi connectivity index (χ4v) is 5.20. The van der Waals surface area contributed by atoms with E-state index in [-0.39, 0.29) is 22.8 Å². The number of carbonyl (C=O) groups excluding carboxylic acids is 1. The van der Waals surface area contributed by atoms with Gasteiger partial charge in [-0.25, -0.2) is 22.4 Å². The van der Waals surface area contributed by atoms with Gasteiger partial charge in [-0.15, -0.1) is 6.58 Å². The lowest BCUT2D eigenvalue weighted by molar-refractivity contribution is 0.0732. The lowest BCUT2D eigenvalue weighted by Crippen LogP contribution is -2.30. The van der Waals surface area contributed by atoms with Crippen molar-refractivity contribution in [2.75, 3.05) is 0 Å². The normalized spacial score (nSPS) is 25.5. The van der Waals surface area contributed by atoms with E-state index in [9.17, 15) is 22.4 Å². The molecule has 4 atom stereocenters. The largest absolute Gasteiger partial charge is 0.423 e. The molecule has 2 nitrogen and oxygen atoms in total. The molecule has 2 fully saturated rings. The predicted molar refractivity (Wildman–Crippen MR) is 109 cm³/mol. The topological polar surface area (TPSA) is 26.3 Å². The molecule has 0 saturated heterocycles. The molecule has 0 aromatic heterocycles. The Kier molecular flexibility index (Phi) is 6.17. The molecule has 0 radical (unpaired) electrons. The Labute approximate surface area is 178 Å². The second-order valence-corrected chi connectivity index (χ2v) is 8.66. The van der Waals surface area contributed by atoms with E-state index in [4.69, 9.17) is 4.74 Å². The molecule has 0 aliphatic heterocycles. The zero-order valence-electron chi connectivity index (χ0n) is 17.1. The molecule has 31 heavy (non-hydrogen) atoms. The summed E-state index contributed by atoms with van der Waals surface area (Å²) in [5, 5.41) is 0. The van der Waals surface area contributed by atoms with Crippen molar-refractivity contribution in [3.8, 4) is 5.75 Å². The van der Waals surface area contributed by atoms with E-state index >= 15 is 0 Å². The molecule has 4 unspecified atom stereocenters.